The molecule has 1 rings (SSSR count). The Morgan fingerprint density at radius 1 is 0.949 bits per heavy atom. The van der Waals surface area contributed by atoms with Gasteiger partial charge in [0, 0.05) is 12.2 Å². The average molecular weight is 563 g/mol. The molecule has 0 radical (unpaired) electrons. The van der Waals surface area contributed by atoms with Gasteiger partial charge in [-0.25, -0.2) is 4.79 Å². The van der Waals surface area contributed by atoms with Gasteiger partial charge in [0.1, 0.15) is 6.04 Å². The number of nitrogens with zero attached hydrogens (tertiary/aromatic N) is 1. The van der Waals surface area contributed by atoms with Gasteiger partial charge >= 0.3 is 5.97 Å². The van der Waals surface area contributed by atoms with Crippen molar-refractivity contribution in [1.82, 2.24) is 26.2 Å². The molecule has 0 aromatic heterocycles. The van der Waals surface area contributed by atoms with Gasteiger partial charge in [-0.05, 0) is 63.5 Å². The fourth-order valence-corrected chi connectivity index (χ4v) is 3.23. The number of carboxylic acids is 1. The van der Waals surface area contributed by atoms with Gasteiger partial charge in [-0.15, -0.1) is 0 Å². The molecule has 0 bridgehead atoms. The molecule has 6 N–H and O–H groups in total. The highest BCUT2D eigenvalue weighted by molar-refractivity contribution is 7.80. The highest BCUT2D eigenvalue weighted by Gasteiger charge is 2.20. The second-order valence-electron chi connectivity index (χ2n) is 8.32. The standard InChI is InChI=1S/C25H34N6O7S/c1-3-6-23(36)31(16-32)12-5-4-7-19(24(37)38)30-22(35)15-27-20(33)13-26-21(34)14-28-25(39)29-18-10-8-17(2)9-11-18/h3,6,8-11,16,19H,4-5,7,12-15H2,1-2H3,(H,26,34)(H,27,33)(H,30,35)(H,37,38)(H2,28,29,39)/b6-3-. The molecule has 0 saturated carbocycles. The predicted octanol–water partition coefficient (Wildman–Crippen LogP) is -0.185. The second kappa shape index (κ2) is 18.0. The number of hydrogen-bond acceptors (Lipinski definition) is 7. The minimum atomic E-state index is -1.26. The minimum absolute atomic E-state index is 0.0587. The van der Waals surface area contributed by atoms with E-state index in [1.165, 1.54) is 12.2 Å². The summed E-state index contributed by atoms with van der Waals surface area (Å²) in [5, 5.41) is 22.2. The first-order chi connectivity index (χ1) is 18.5. The number of unbranched alkanes of at least 4 members (excludes halogenated alkanes) is 1. The van der Waals surface area contributed by atoms with Crippen LogP contribution in [0.1, 0.15) is 31.7 Å². The number of carbonyl (C=O) groups excluding carboxylic acids is 5. The summed E-state index contributed by atoms with van der Waals surface area (Å²) in [6.45, 7) is 2.64. The van der Waals surface area contributed by atoms with Crippen molar-refractivity contribution in [3.63, 3.8) is 0 Å². The van der Waals surface area contributed by atoms with E-state index in [1.54, 1.807) is 6.92 Å². The van der Waals surface area contributed by atoms with Crippen molar-refractivity contribution in [1.29, 1.82) is 0 Å². The minimum Gasteiger partial charge on any atom is -0.480 e. The summed E-state index contributed by atoms with van der Waals surface area (Å²) in [6, 6.07) is 6.26. The highest BCUT2D eigenvalue weighted by Crippen LogP contribution is 2.08. The maximum absolute atomic E-state index is 12.1. The van der Waals surface area contributed by atoms with Gasteiger partial charge in [-0.3, -0.25) is 28.9 Å². The molecular formula is C25H34N6O7S. The van der Waals surface area contributed by atoms with Gasteiger partial charge in [-0.1, -0.05) is 23.8 Å². The molecule has 5 amide bonds. The molecule has 1 atom stereocenters. The third-order valence-corrected chi connectivity index (χ3v) is 5.35. The van der Waals surface area contributed by atoms with E-state index in [9.17, 15) is 33.9 Å². The Morgan fingerprint density at radius 2 is 1.54 bits per heavy atom. The lowest BCUT2D eigenvalue weighted by Gasteiger charge is -2.16. The molecule has 14 heteroatoms. The monoisotopic (exact) mass is 562 g/mol. The van der Waals surface area contributed by atoms with E-state index in [0.29, 0.717) is 19.3 Å². The summed E-state index contributed by atoms with van der Waals surface area (Å²) in [6.07, 6.45) is 3.87. The maximum Gasteiger partial charge on any atom is 0.326 e. The maximum atomic E-state index is 12.1. The third-order valence-electron chi connectivity index (χ3n) is 5.11. The lowest BCUT2D eigenvalue weighted by atomic mass is 10.1. The number of aliphatic carboxylic acids is 1. The number of imide groups is 1. The molecule has 0 saturated heterocycles. The molecule has 39 heavy (non-hydrogen) atoms. The lowest BCUT2D eigenvalue weighted by molar-refractivity contribution is -0.142. The number of thiocarbonyl (C=S) groups is 1. The fourth-order valence-electron chi connectivity index (χ4n) is 3.04. The Morgan fingerprint density at radius 3 is 2.10 bits per heavy atom. The van der Waals surface area contributed by atoms with Gasteiger partial charge in [0.15, 0.2) is 5.11 Å². The predicted molar refractivity (Wildman–Crippen MR) is 147 cm³/mol. The van der Waals surface area contributed by atoms with Crippen molar-refractivity contribution in [3.05, 3.63) is 42.0 Å². The van der Waals surface area contributed by atoms with Crippen molar-refractivity contribution < 1.29 is 33.9 Å². The molecule has 0 aliphatic heterocycles. The molecule has 1 unspecified atom stereocenters. The van der Waals surface area contributed by atoms with Gasteiger partial charge in [0.25, 0.3) is 5.91 Å². The normalized spacial score (nSPS) is 11.1. The summed E-state index contributed by atoms with van der Waals surface area (Å²) < 4.78 is 0. The van der Waals surface area contributed by atoms with Crippen LogP contribution in [0.3, 0.4) is 0 Å². The molecule has 0 spiro atoms. The zero-order valence-corrected chi connectivity index (χ0v) is 22.6. The molecule has 0 aliphatic rings. The number of carboxylic acid groups (broad SMARTS) is 1. The lowest BCUT2D eigenvalue weighted by Crippen LogP contribution is -2.47. The van der Waals surface area contributed by atoms with Crippen molar-refractivity contribution in [2.75, 3.05) is 31.5 Å². The zero-order valence-electron chi connectivity index (χ0n) is 21.8. The Labute approximate surface area is 231 Å². The Bertz CT molecular complexity index is 1060. The van der Waals surface area contributed by atoms with Crippen LogP contribution in [-0.4, -0.2) is 83.3 Å². The third kappa shape index (κ3) is 14.3. The molecular weight excluding hydrogens is 528 g/mol. The first kappa shape index (κ1) is 32.7. The van der Waals surface area contributed by atoms with E-state index >= 15 is 0 Å². The van der Waals surface area contributed by atoms with Crippen LogP contribution in [0.15, 0.2) is 36.4 Å². The number of nitrogens with one attached hydrogen (secondary N) is 5. The van der Waals surface area contributed by atoms with Gasteiger partial charge < -0.3 is 31.7 Å². The fraction of sp³-hybridized carbons (Fsp3) is 0.400. The zero-order chi connectivity index (χ0) is 29.2. The van der Waals surface area contributed by atoms with Gasteiger partial charge in [-0.2, -0.15) is 0 Å². The molecule has 1 aromatic carbocycles. The summed E-state index contributed by atoms with van der Waals surface area (Å²) in [7, 11) is 0. The Balaban J connectivity index is 2.29. The van der Waals surface area contributed by atoms with E-state index in [0.717, 1.165) is 16.2 Å². The molecule has 13 nitrogen and oxygen atoms in total. The van der Waals surface area contributed by atoms with Gasteiger partial charge in [0.05, 0.1) is 19.6 Å². The number of allylic oxidation sites excluding steroid dienone is 1. The first-order valence-electron chi connectivity index (χ1n) is 12.1. The van der Waals surface area contributed by atoms with Gasteiger partial charge in [0.2, 0.25) is 24.1 Å². The topological polar surface area (TPSA) is 186 Å². The quantitative estimate of drug-likeness (QED) is 0.0683. The number of aryl methyl sites for hydroxylation is 1. The number of amides is 5. The highest BCUT2D eigenvalue weighted by atomic mass is 32.1. The smallest absolute Gasteiger partial charge is 0.326 e. The van der Waals surface area contributed by atoms with Crippen molar-refractivity contribution in [2.45, 2.75) is 39.2 Å². The Hall–Kier alpha value is -4.33. The molecule has 0 aliphatic carbocycles. The first-order valence-corrected chi connectivity index (χ1v) is 12.5. The van der Waals surface area contributed by atoms with Crippen LogP contribution in [0.25, 0.3) is 0 Å². The second-order valence-corrected chi connectivity index (χ2v) is 8.73. The number of hydrogen-bond donors (Lipinski definition) is 6. The van der Waals surface area contributed by atoms with Crippen LogP contribution in [0.2, 0.25) is 0 Å². The summed E-state index contributed by atoms with van der Waals surface area (Å²) in [4.78, 5) is 71.1. The molecule has 212 valence electrons. The van der Waals surface area contributed by atoms with Crippen LogP contribution in [0, 0.1) is 6.92 Å². The van der Waals surface area contributed by atoms with Crippen LogP contribution in [0.5, 0.6) is 0 Å². The summed E-state index contributed by atoms with van der Waals surface area (Å²) in [5.74, 6) is -3.62. The van der Waals surface area contributed by atoms with E-state index in [1.807, 2.05) is 31.2 Å². The van der Waals surface area contributed by atoms with Crippen LogP contribution in [-0.2, 0) is 28.8 Å². The van der Waals surface area contributed by atoms with Crippen molar-refractivity contribution in [2.24, 2.45) is 0 Å². The summed E-state index contributed by atoms with van der Waals surface area (Å²) >= 11 is 5.12. The Kier molecular flexibility index (Phi) is 15.1. The van der Waals surface area contributed by atoms with E-state index in [4.69, 9.17) is 12.2 Å². The van der Waals surface area contributed by atoms with Crippen LogP contribution >= 0.6 is 12.2 Å². The SMILES string of the molecule is C/C=C\C(=O)N(C=O)CCCCC(NC(=O)CNC(=O)CNC(=O)CNC(=S)Nc1ccc(C)cc1)C(=O)O. The van der Waals surface area contributed by atoms with E-state index < -0.39 is 48.7 Å². The molecule has 0 heterocycles. The number of rotatable bonds is 16. The molecule has 0 fully saturated rings. The largest absolute Gasteiger partial charge is 0.480 e. The number of anilines is 1. The van der Waals surface area contributed by atoms with E-state index in [2.05, 4.69) is 26.6 Å². The summed E-state index contributed by atoms with van der Waals surface area (Å²) in [5.41, 5.74) is 1.84. The van der Waals surface area contributed by atoms with E-state index in [-0.39, 0.29) is 24.6 Å². The van der Waals surface area contributed by atoms with Crippen molar-refractivity contribution in [3.8, 4) is 0 Å². The number of benzene rings is 1. The molecule has 1 aromatic rings. The number of carbonyl (C=O) groups is 6. The average Bonchev–Trinajstić information content (AvgIpc) is 2.90. The van der Waals surface area contributed by atoms with Crippen LogP contribution < -0.4 is 26.6 Å². The van der Waals surface area contributed by atoms with Crippen molar-refractivity contribution >= 4 is 59.0 Å². The van der Waals surface area contributed by atoms with Crippen LogP contribution in [0.4, 0.5) is 5.69 Å².